The molecule has 2 N–H and O–H groups in total. The SMILES string of the molecule is COCCNC(=O)NC(=O)CN(C)C(C)c1ccc(F)c(F)c1. The molecule has 0 radical (unpaired) electrons. The van der Waals surface area contributed by atoms with Crippen LogP contribution in [-0.4, -0.2) is 50.7 Å². The Morgan fingerprint density at radius 3 is 2.61 bits per heavy atom. The Balaban J connectivity index is 2.50. The maximum Gasteiger partial charge on any atom is 0.321 e. The van der Waals surface area contributed by atoms with Crippen molar-refractivity contribution in [3.8, 4) is 0 Å². The zero-order valence-corrected chi connectivity index (χ0v) is 13.4. The smallest absolute Gasteiger partial charge is 0.321 e. The highest BCUT2D eigenvalue weighted by atomic mass is 19.2. The standard InChI is InChI=1S/C15H21F2N3O3/c1-10(11-4-5-12(16)13(17)8-11)20(2)9-14(21)19-15(22)18-6-7-23-3/h4-5,8,10H,6-7,9H2,1-3H3,(H2,18,19,21,22). The second-order valence-electron chi connectivity index (χ2n) is 5.06. The first-order valence-electron chi connectivity index (χ1n) is 7.07. The molecular formula is C15H21F2N3O3. The van der Waals surface area contributed by atoms with Crippen molar-refractivity contribution in [2.45, 2.75) is 13.0 Å². The minimum atomic E-state index is -0.940. The van der Waals surface area contributed by atoms with Gasteiger partial charge in [0.1, 0.15) is 0 Å². The molecule has 0 bridgehead atoms. The molecule has 1 aromatic carbocycles. The number of hydrogen-bond acceptors (Lipinski definition) is 4. The first-order chi connectivity index (χ1) is 10.8. The summed E-state index contributed by atoms with van der Waals surface area (Å²) in [5.74, 6) is -2.37. The number of urea groups is 1. The van der Waals surface area contributed by atoms with Crippen LogP contribution in [0, 0.1) is 11.6 Å². The highest BCUT2D eigenvalue weighted by Crippen LogP contribution is 2.20. The summed E-state index contributed by atoms with van der Waals surface area (Å²) in [6.07, 6.45) is 0. The number of imide groups is 1. The lowest BCUT2D eigenvalue weighted by Crippen LogP contribution is -2.44. The first-order valence-corrected chi connectivity index (χ1v) is 7.07. The molecule has 1 rings (SSSR count). The van der Waals surface area contributed by atoms with E-state index in [1.54, 1.807) is 18.9 Å². The van der Waals surface area contributed by atoms with Crippen molar-refractivity contribution in [2.24, 2.45) is 0 Å². The first kappa shape index (κ1) is 19.0. The van der Waals surface area contributed by atoms with E-state index in [0.29, 0.717) is 12.2 Å². The fraction of sp³-hybridized carbons (Fsp3) is 0.467. The molecule has 0 aliphatic carbocycles. The third-order valence-corrected chi connectivity index (χ3v) is 3.32. The molecule has 8 heteroatoms. The number of carbonyl (C=O) groups excluding carboxylic acids is 2. The van der Waals surface area contributed by atoms with E-state index in [9.17, 15) is 18.4 Å². The van der Waals surface area contributed by atoms with Crippen LogP contribution in [0.15, 0.2) is 18.2 Å². The van der Waals surface area contributed by atoms with Crippen LogP contribution in [0.5, 0.6) is 0 Å². The van der Waals surface area contributed by atoms with E-state index in [2.05, 4.69) is 10.6 Å². The summed E-state index contributed by atoms with van der Waals surface area (Å²) in [5, 5.41) is 4.63. The van der Waals surface area contributed by atoms with Gasteiger partial charge in [-0.25, -0.2) is 13.6 Å². The molecule has 0 heterocycles. The van der Waals surface area contributed by atoms with E-state index in [4.69, 9.17) is 4.74 Å². The van der Waals surface area contributed by atoms with Gasteiger partial charge in [0.25, 0.3) is 0 Å². The molecule has 1 unspecified atom stereocenters. The average Bonchev–Trinajstić information content (AvgIpc) is 2.49. The number of halogens is 2. The summed E-state index contributed by atoms with van der Waals surface area (Å²) in [7, 11) is 3.15. The minimum Gasteiger partial charge on any atom is -0.383 e. The van der Waals surface area contributed by atoms with E-state index < -0.39 is 23.6 Å². The van der Waals surface area contributed by atoms with Crippen molar-refractivity contribution in [3.63, 3.8) is 0 Å². The van der Waals surface area contributed by atoms with Crippen molar-refractivity contribution in [3.05, 3.63) is 35.4 Å². The Morgan fingerprint density at radius 1 is 1.30 bits per heavy atom. The van der Waals surface area contributed by atoms with Crippen molar-refractivity contribution in [1.82, 2.24) is 15.5 Å². The predicted octanol–water partition coefficient (Wildman–Crippen LogP) is 1.43. The highest BCUT2D eigenvalue weighted by Gasteiger charge is 2.17. The molecule has 3 amide bonds. The number of carbonyl (C=O) groups is 2. The van der Waals surface area contributed by atoms with Gasteiger partial charge >= 0.3 is 6.03 Å². The van der Waals surface area contributed by atoms with Crippen LogP contribution < -0.4 is 10.6 Å². The monoisotopic (exact) mass is 329 g/mol. The molecule has 0 aromatic heterocycles. The lowest BCUT2D eigenvalue weighted by Gasteiger charge is -2.24. The fourth-order valence-corrected chi connectivity index (χ4v) is 1.87. The van der Waals surface area contributed by atoms with Crippen LogP contribution in [-0.2, 0) is 9.53 Å². The number of ether oxygens (including phenoxy) is 1. The molecule has 1 atom stereocenters. The van der Waals surface area contributed by atoms with Crippen molar-refractivity contribution in [1.29, 1.82) is 0 Å². The van der Waals surface area contributed by atoms with E-state index in [-0.39, 0.29) is 19.1 Å². The van der Waals surface area contributed by atoms with Crippen LogP contribution in [0.4, 0.5) is 13.6 Å². The van der Waals surface area contributed by atoms with Crippen molar-refractivity contribution in [2.75, 3.05) is 33.9 Å². The molecule has 0 saturated heterocycles. The van der Waals surface area contributed by atoms with Gasteiger partial charge in [0.2, 0.25) is 5.91 Å². The number of methoxy groups -OCH3 is 1. The number of nitrogens with zero attached hydrogens (tertiary/aromatic N) is 1. The molecule has 0 aliphatic heterocycles. The maximum absolute atomic E-state index is 13.2. The second-order valence-corrected chi connectivity index (χ2v) is 5.06. The Labute approximate surface area is 133 Å². The van der Waals surface area contributed by atoms with Crippen LogP contribution in [0.3, 0.4) is 0 Å². The minimum absolute atomic E-state index is 0.0716. The number of hydrogen-bond donors (Lipinski definition) is 2. The maximum atomic E-state index is 13.2. The van der Waals surface area contributed by atoms with E-state index in [1.165, 1.54) is 13.2 Å². The van der Waals surface area contributed by atoms with Crippen LogP contribution in [0.2, 0.25) is 0 Å². The summed E-state index contributed by atoms with van der Waals surface area (Å²) in [5.41, 5.74) is 0.531. The molecule has 0 fully saturated rings. The van der Waals surface area contributed by atoms with E-state index in [0.717, 1.165) is 12.1 Å². The quantitative estimate of drug-likeness (QED) is 0.743. The summed E-state index contributed by atoms with van der Waals surface area (Å²) < 4.78 is 31.0. The largest absolute Gasteiger partial charge is 0.383 e. The molecule has 128 valence electrons. The fourth-order valence-electron chi connectivity index (χ4n) is 1.87. The Hall–Kier alpha value is -2.06. The number of amides is 3. The van der Waals surface area contributed by atoms with Crippen LogP contribution in [0.1, 0.15) is 18.5 Å². The van der Waals surface area contributed by atoms with Crippen molar-refractivity contribution < 1.29 is 23.1 Å². The average molecular weight is 329 g/mol. The number of nitrogens with one attached hydrogen (secondary N) is 2. The highest BCUT2D eigenvalue weighted by molar-refractivity contribution is 5.95. The van der Waals surface area contributed by atoms with Gasteiger partial charge in [-0.3, -0.25) is 15.0 Å². The van der Waals surface area contributed by atoms with Gasteiger partial charge < -0.3 is 10.1 Å². The van der Waals surface area contributed by atoms with E-state index >= 15 is 0 Å². The summed E-state index contributed by atoms with van der Waals surface area (Å²) in [6.45, 7) is 2.31. The summed E-state index contributed by atoms with van der Waals surface area (Å²) >= 11 is 0. The lowest BCUT2D eigenvalue weighted by atomic mass is 10.1. The van der Waals surface area contributed by atoms with Crippen LogP contribution in [0.25, 0.3) is 0 Å². The summed E-state index contributed by atoms with van der Waals surface area (Å²) in [6, 6.07) is 2.65. The molecule has 0 aliphatic rings. The molecule has 6 nitrogen and oxygen atoms in total. The molecule has 0 saturated carbocycles. The molecular weight excluding hydrogens is 308 g/mol. The normalized spacial score (nSPS) is 12.1. The zero-order valence-electron chi connectivity index (χ0n) is 13.4. The molecule has 0 spiro atoms. The Kier molecular flexibility index (Phi) is 7.56. The Bertz CT molecular complexity index is 555. The number of rotatable bonds is 7. The number of benzene rings is 1. The second kappa shape index (κ2) is 9.16. The zero-order chi connectivity index (χ0) is 17.4. The van der Waals surface area contributed by atoms with Gasteiger partial charge in [-0.05, 0) is 31.7 Å². The van der Waals surface area contributed by atoms with Gasteiger partial charge in [0.15, 0.2) is 11.6 Å². The van der Waals surface area contributed by atoms with E-state index in [1.807, 2.05) is 0 Å². The van der Waals surface area contributed by atoms with Gasteiger partial charge in [-0.15, -0.1) is 0 Å². The molecule has 23 heavy (non-hydrogen) atoms. The lowest BCUT2D eigenvalue weighted by molar-refractivity contribution is -0.121. The predicted molar refractivity (Wildman–Crippen MR) is 80.8 cm³/mol. The Morgan fingerprint density at radius 2 is 2.00 bits per heavy atom. The van der Waals surface area contributed by atoms with Crippen molar-refractivity contribution >= 4 is 11.9 Å². The summed E-state index contributed by atoms with van der Waals surface area (Å²) in [4.78, 5) is 24.8. The third-order valence-electron chi connectivity index (χ3n) is 3.32. The third kappa shape index (κ3) is 6.29. The van der Waals surface area contributed by atoms with Gasteiger partial charge in [-0.1, -0.05) is 6.07 Å². The topological polar surface area (TPSA) is 70.7 Å². The van der Waals surface area contributed by atoms with Crippen LogP contribution >= 0.6 is 0 Å². The van der Waals surface area contributed by atoms with Gasteiger partial charge in [0.05, 0.1) is 13.2 Å². The van der Waals surface area contributed by atoms with Gasteiger partial charge in [0, 0.05) is 19.7 Å². The molecule has 1 aromatic rings. The number of likely N-dealkylation sites (N-methyl/N-ethyl adjacent to an activating group) is 1. The van der Waals surface area contributed by atoms with Gasteiger partial charge in [-0.2, -0.15) is 0 Å².